The summed E-state index contributed by atoms with van der Waals surface area (Å²) >= 11 is 0. The molecule has 0 heterocycles. The van der Waals surface area contributed by atoms with Crippen LogP contribution in [0.2, 0.25) is 0 Å². The highest BCUT2D eigenvalue weighted by atomic mass is 16.4. The van der Waals surface area contributed by atoms with Crippen LogP contribution in [0.15, 0.2) is 12.2 Å². The summed E-state index contributed by atoms with van der Waals surface area (Å²) in [6.07, 6.45) is 15.3. The smallest absolute Gasteiger partial charge is 0.327 e. The van der Waals surface area contributed by atoms with Gasteiger partial charge in [-0.1, -0.05) is 25.8 Å². The molecule has 0 aromatic heterocycles. The first-order valence-electron chi connectivity index (χ1n) is 8.04. The predicted octanol–water partition coefficient (Wildman–Crippen LogP) is 4.65. The zero-order chi connectivity index (χ0) is 13.7. The van der Waals surface area contributed by atoms with Crippen LogP contribution in [0.3, 0.4) is 0 Å². The largest absolute Gasteiger partial charge is 0.478 e. The average Bonchev–Trinajstić information content (AvgIpc) is 2.40. The van der Waals surface area contributed by atoms with E-state index in [1.54, 1.807) is 0 Å². The molecule has 108 valence electrons. The van der Waals surface area contributed by atoms with Gasteiger partial charge in [-0.2, -0.15) is 0 Å². The molecule has 0 aromatic carbocycles. The molecule has 2 heteroatoms. The Hall–Kier alpha value is -0.790. The summed E-state index contributed by atoms with van der Waals surface area (Å²) in [7, 11) is 0. The fraction of sp³-hybridized carbons (Fsp3) is 0.824. The third-order valence-electron chi connectivity index (χ3n) is 5.35. The maximum atomic E-state index is 10.4. The minimum absolute atomic E-state index is 0.731. The molecule has 2 fully saturated rings. The minimum atomic E-state index is -0.815. The number of rotatable bonds is 4. The molecule has 1 N–H and O–H groups in total. The predicted molar refractivity (Wildman–Crippen MR) is 78.0 cm³/mol. The Balaban J connectivity index is 1.69. The van der Waals surface area contributed by atoms with Crippen molar-refractivity contribution in [3.8, 4) is 0 Å². The van der Waals surface area contributed by atoms with Crippen molar-refractivity contribution >= 4 is 5.97 Å². The molecule has 2 aliphatic rings. The standard InChI is InChI=1S/C17H28O2/c1-13-5-9-15(10-6-13)16-11-7-14(8-12-16)3-2-4-17(18)19/h2,4,13-16H,3,5-12H2,1H3,(H,18,19). The zero-order valence-corrected chi connectivity index (χ0v) is 12.2. The first-order chi connectivity index (χ1) is 9.15. The summed E-state index contributed by atoms with van der Waals surface area (Å²) in [6, 6.07) is 0. The Bertz CT molecular complexity index is 305. The molecule has 2 aliphatic carbocycles. The molecule has 19 heavy (non-hydrogen) atoms. The lowest BCUT2D eigenvalue weighted by Crippen LogP contribution is -2.25. The summed E-state index contributed by atoms with van der Waals surface area (Å²) < 4.78 is 0. The molecule has 0 bridgehead atoms. The number of carboxylic acid groups (broad SMARTS) is 1. The van der Waals surface area contributed by atoms with Gasteiger partial charge in [0.15, 0.2) is 0 Å². The van der Waals surface area contributed by atoms with Crippen LogP contribution >= 0.6 is 0 Å². The van der Waals surface area contributed by atoms with Gasteiger partial charge in [-0.05, 0) is 68.6 Å². The second kappa shape index (κ2) is 7.12. The molecular formula is C17H28O2. The molecule has 0 aliphatic heterocycles. The van der Waals surface area contributed by atoms with Gasteiger partial charge in [0, 0.05) is 6.08 Å². The Morgan fingerprint density at radius 2 is 1.53 bits per heavy atom. The molecule has 0 aromatic rings. The normalized spacial score (nSPS) is 36.5. The van der Waals surface area contributed by atoms with Crippen molar-refractivity contribution < 1.29 is 9.90 Å². The number of aliphatic carboxylic acids is 1. The second-order valence-corrected chi connectivity index (χ2v) is 6.78. The van der Waals surface area contributed by atoms with E-state index in [1.165, 1.54) is 57.4 Å². The quantitative estimate of drug-likeness (QED) is 0.750. The summed E-state index contributed by atoms with van der Waals surface area (Å²) in [5.74, 6) is 2.83. The zero-order valence-electron chi connectivity index (χ0n) is 12.2. The molecule has 0 saturated heterocycles. The van der Waals surface area contributed by atoms with Gasteiger partial charge < -0.3 is 5.11 Å². The number of allylic oxidation sites excluding steroid dienone is 1. The SMILES string of the molecule is CC1CCC(C2CCC(CC=CC(=O)O)CC2)CC1. The van der Waals surface area contributed by atoms with Crippen molar-refractivity contribution in [2.75, 3.05) is 0 Å². The van der Waals surface area contributed by atoms with Crippen molar-refractivity contribution in [2.24, 2.45) is 23.7 Å². The van der Waals surface area contributed by atoms with Crippen molar-refractivity contribution in [3.05, 3.63) is 12.2 Å². The van der Waals surface area contributed by atoms with Gasteiger partial charge in [-0.3, -0.25) is 0 Å². The highest BCUT2D eigenvalue weighted by molar-refractivity contribution is 5.79. The Morgan fingerprint density at radius 3 is 2.05 bits per heavy atom. The van der Waals surface area contributed by atoms with Gasteiger partial charge in [0.25, 0.3) is 0 Å². The molecule has 2 rings (SSSR count). The molecule has 0 radical (unpaired) electrons. The molecule has 2 nitrogen and oxygen atoms in total. The van der Waals surface area contributed by atoms with Gasteiger partial charge >= 0.3 is 5.97 Å². The number of hydrogen-bond donors (Lipinski definition) is 1. The maximum absolute atomic E-state index is 10.4. The van der Waals surface area contributed by atoms with Crippen LogP contribution in [0, 0.1) is 23.7 Å². The molecule has 0 amide bonds. The highest BCUT2D eigenvalue weighted by Gasteiger charge is 2.29. The fourth-order valence-electron chi connectivity index (χ4n) is 4.01. The Kier molecular flexibility index (Phi) is 5.47. The third kappa shape index (κ3) is 4.67. The third-order valence-corrected chi connectivity index (χ3v) is 5.35. The van der Waals surface area contributed by atoms with E-state index in [0.717, 1.165) is 30.1 Å². The van der Waals surface area contributed by atoms with Crippen molar-refractivity contribution in [1.82, 2.24) is 0 Å². The lowest BCUT2D eigenvalue weighted by Gasteiger charge is -2.37. The fourth-order valence-corrected chi connectivity index (χ4v) is 4.01. The lowest BCUT2D eigenvalue weighted by atomic mass is 9.69. The van der Waals surface area contributed by atoms with Crippen LogP contribution in [0.1, 0.15) is 64.7 Å². The lowest BCUT2D eigenvalue weighted by molar-refractivity contribution is -0.131. The highest BCUT2D eigenvalue weighted by Crippen LogP contribution is 2.41. The van der Waals surface area contributed by atoms with Gasteiger partial charge in [-0.15, -0.1) is 0 Å². The number of carbonyl (C=O) groups is 1. The minimum Gasteiger partial charge on any atom is -0.478 e. The molecule has 2 saturated carbocycles. The molecule has 0 spiro atoms. The second-order valence-electron chi connectivity index (χ2n) is 6.78. The number of carboxylic acids is 1. The van der Waals surface area contributed by atoms with Crippen molar-refractivity contribution in [3.63, 3.8) is 0 Å². The van der Waals surface area contributed by atoms with Crippen molar-refractivity contribution in [2.45, 2.75) is 64.7 Å². The van der Waals surface area contributed by atoms with Crippen LogP contribution in [0.25, 0.3) is 0 Å². The van der Waals surface area contributed by atoms with E-state index >= 15 is 0 Å². The summed E-state index contributed by atoms with van der Waals surface area (Å²) in [6.45, 7) is 2.39. The Morgan fingerprint density at radius 1 is 1.00 bits per heavy atom. The van der Waals surface area contributed by atoms with E-state index in [-0.39, 0.29) is 0 Å². The molecule has 0 unspecified atom stereocenters. The maximum Gasteiger partial charge on any atom is 0.327 e. The first kappa shape index (κ1) is 14.6. The van der Waals surface area contributed by atoms with Crippen LogP contribution in [0.5, 0.6) is 0 Å². The monoisotopic (exact) mass is 264 g/mol. The van der Waals surface area contributed by atoms with E-state index < -0.39 is 5.97 Å². The van der Waals surface area contributed by atoms with E-state index in [2.05, 4.69) is 6.92 Å². The van der Waals surface area contributed by atoms with E-state index in [9.17, 15) is 4.79 Å². The summed E-state index contributed by atoms with van der Waals surface area (Å²) in [5, 5.41) is 8.59. The van der Waals surface area contributed by atoms with Gasteiger partial charge in [-0.25, -0.2) is 4.79 Å². The van der Waals surface area contributed by atoms with Gasteiger partial charge in [0.05, 0.1) is 0 Å². The van der Waals surface area contributed by atoms with Crippen molar-refractivity contribution in [1.29, 1.82) is 0 Å². The van der Waals surface area contributed by atoms with Crippen LogP contribution in [-0.2, 0) is 4.79 Å². The van der Waals surface area contributed by atoms with Crippen LogP contribution in [-0.4, -0.2) is 11.1 Å². The number of hydrogen-bond acceptors (Lipinski definition) is 1. The van der Waals surface area contributed by atoms with E-state index in [4.69, 9.17) is 5.11 Å². The Labute approximate surface area is 117 Å². The first-order valence-corrected chi connectivity index (χ1v) is 8.04. The van der Waals surface area contributed by atoms with E-state index in [1.807, 2.05) is 6.08 Å². The topological polar surface area (TPSA) is 37.3 Å². The molecular weight excluding hydrogens is 236 g/mol. The van der Waals surface area contributed by atoms with Gasteiger partial charge in [0.2, 0.25) is 0 Å². The van der Waals surface area contributed by atoms with E-state index in [0.29, 0.717) is 0 Å². The van der Waals surface area contributed by atoms with Gasteiger partial charge in [0.1, 0.15) is 0 Å². The summed E-state index contributed by atoms with van der Waals surface area (Å²) in [4.78, 5) is 10.4. The van der Waals surface area contributed by atoms with Crippen LogP contribution in [0.4, 0.5) is 0 Å². The van der Waals surface area contributed by atoms with Crippen LogP contribution < -0.4 is 0 Å². The average molecular weight is 264 g/mol. The summed E-state index contributed by atoms with van der Waals surface area (Å²) in [5.41, 5.74) is 0. The molecule has 0 atom stereocenters.